The van der Waals surface area contributed by atoms with Crippen LogP contribution in [0, 0.1) is 0 Å². The lowest BCUT2D eigenvalue weighted by atomic mass is 10.2. The van der Waals surface area contributed by atoms with Gasteiger partial charge in [0.2, 0.25) is 5.28 Å². The Morgan fingerprint density at radius 2 is 1.83 bits per heavy atom. The van der Waals surface area contributed by atoms with E-state index in [9.17, 15) is 0 Å². The lowest BCUT2D eigenvalue weighted by Gasteiger charge is -2.01. The van der Waals surface area contributed by atoms with Crippen LogP contribution in [-0.4, -0.2) is 25.0 Å². The molecule has 0 fully saturated rings. The maximum Gasteiger partial charge on any atom is 0.225 e. The van der Waals surface area contributed by atoms with E-state index in [1.54, 1.807) is 4.68 Å². The quantitative estimate of drug-likeness (QED) is 0.534. The minimum atomic E-state index is 0.0871. The Hall–Kier alpha value is -1.72. The van der Waals surface area contributed by atoms with Crippen molar-refractivity contribution in [3.63, 3.8) is 0 Å². The number of aromatic nitrogens is 5. The Bertz CT molecular complexity index is 695. The molecule has 3 aromatic rings. The zero-order chi connectivity index (χ0) is 12.5. The van der Waals surface area contributed by atoms with Crippen LogP contribution in [0.4, 0.5) is 0 Å². The third kappa shape index (κ3) is 2.02. The summed E-state index contributed by atoms with van der Waals surface area (Å²) in [4.78, 5) is 7.93. The smallest absolute Gasteiger partial charge is 0.222 e. The van der Waals surface area contributed by atoms with Gasteiger partial charge in [-0.05, 0) is 17.2 Å². The van der Waals surface area contributed by atoms with Gasteiger partial charge in [0.1, 0.15) is 0 Å². The third-order valence-corrected chi connectivity index (χ3v) is 2.90. The second-order valence-electron chi connectivity index (χ2n) is 3.69. The molecule has 2 aromatic heterocycles. The van der Waals surface area contributed by atoms with E-state index < -0.39 is 0 Å². The second-order valence-corrected chi connectivity index (χ2v) is 4.38. The van der Waals surface area contributed by atoms with Gasteiger partial charge >= 0.3 is 0 Å². The van der Waals surface area contributed by atoms with Gasteiger partial charge in [-0.15, -0.1) is 5.10 Å². The highest BCUT2D eigenvalue weighted by Crippen LogP contribution is 2.19. The number of hydrogen-bond donors (Lipinski definition) is 0. The van der Waals surface area contributed by atoms with Gasteiger partial charge in [-0.3, -0.25) is 0 Å². The van der Waals surface area contributed by atoms with Crippen LogP contribution >= 0.6 is 23.2 Å². The molecule has 0 aliphatic carbocycles. The molecule has 0 bridgehead atoms. The number of hydrogen-bond acceptors (Lipinski definition) is 4. The highest BCUT2D eigenvalue weighted by Gasteiger charge is 2.12. The Morgan fingerprint density at radius 3 is 2.61 bits per heavy atom. The molecule has 0 spiro atoms. The van der Waals surface area contributed by atoms with Crippen molar-refractivity contribution < 1.29 is 0 Å². The molecule has 0 aliphatic heterocycles. The average Bonchev–Trinajstić information content (AvgIpc) is 2.74. The fourth-order valence-electron chi connectivity index (χ4n) is 1.66. The predicted octanol–water partition coefficient (Wildman–Crippen LogP) is 2.58. The number of halogens is 2. The molecule has 2 heterocycles. The van der Waals surface area contributed by atoms with Gasteiger partial charge in [-0.2, -0.15) is 4.98 Å². The van der Waals surface area contributed by atoms with Gasteiger partial charge < -0.3 is 0 Å². The SMILES string of the molecule is Clc1nc(Cl)c2nnn(Cc3ccccc3)c2n1. The molecule has 5 nitrogen and oxygen atoms in total. The summed E-state index contributed by atoms with van der Waals surface area (Å²) in [6, 6.07) is 9.88. The van der Waals surface area contributed by atoms with Crippen molar-refractivity contribution in [3.8, 4) is 0 Å². The van der Waals surface area contributed by atoms with Gasteiger partial charge in [0.25, 0.3) is 0 Å². The average molecular weight is 280 g/mol. The van der Waals surface area contributed by atoms with Crippen molar-refractivity contribution >= 4 is 34.4 Å². The molecule has 7 heteroatoms. The van der Waals surface area contributed by atoms with Crippen LogP contribution in [0.5, 0.6) is 0 Å². The van der Waals surface area contributed by atoms with Crippen molar-refractivity contribution in [2.24, 2.45) is 0 Å². The summed E-state index contributed by atoms with van der Waals surface area (Å²) >= 11 is 11.7. The van der Waals surface area contributed by atoms with Gasteiger partial charge in [-0.25, -0.2) is 9.67 Å². The first-order chi connectivity index (χ1) is 8.74. The molecule has 0 radical (unpaired) electrons. The van der Waals surface area contributed by atoms with Crippen LogP contribution in [0.1, 0.15) is 5.56 Å². The fourth-order valence-corrected chi connectivity index (χ4v) is 2.07. The van der Waals surface area contributed by atoms with Gasteiger partial charge in [-0.1, -0.05) is 47.1 Å². The largest absolute Gasteiger partial charge is 0.225 e. The summed E-state index contributed by atoms with van der Waals surface area (Å²) in [5, 5.41) is 8.27. The molecule has 0 aliphatic rings. The summed E-state index contributed by atoms with van der Waals surface area (Å²) in [7, 11) is 0. The number of fused-ring (bicyclic) bond motifs is 1. The first kappa shape index (κ1) is 11.4. The summed E-state index contributed by atoms with van der Waals surface area (Å²) in [6.07, 6.45) is 0. The van der Waals surface area contributed by atoms with E-state index in [1.807, 2.05) is 30.3 Å². The summed E-state index contributed by atoms with van der Waals surface area (Å²) < 4.78 is 1.64. The first-order valence-electron chi connectivity index (χ1n) is 5.20. The summed E-state index contributed by atoms with van der Waals surface area (Å²) in [5.41, 5.74) is 2.08. The lowest BCUT2D eigenvalue weighted by Crippen LogP contribution is -2.03. The van der Waals surface area contributed by atoms with Crippen molar-refractivity contribution in [1.29, 1.82) is 0 Å². The maximum absolute atomic E-state index is 5.93. The zero-order valence-corrected chi connectivity index (χ0v) is 10.6. The van der Waals surface area contributed by atoms with Crippen LogP contribution < -0.4 is 0 Å². The van der Waals surface area contributed by atoms with Crippen molar-refractivity contribution in [2.75, 3.05) is 0 Å². The molecule has 0 unspecified atom stereocenters. The Morgan fingerprint density at radius 1 is 1.06 bits per heavy atom. The van der Waals surface area contributed by atoms with Crippen LogP contribution in [0.2, 0.25) is 10.4 Å². The third-order valence-electron chi connectivity index (χ3n) is 2.47. The van der Waals surface area contributed by atoms with Gasteiger partial charge in [0, 0.05) is 0 Å². The van der Waals surface area contributed by atoms with Crippen LogP contribution in [0.3, 0.4) is 0 Å². The van der Waals surface area contributed by atoms with Crippen molar-refractivity contribution in [1.82, 2.24) is 25.0 Å². The summed E-state index contributed by atoms with van der Waals surface area (Å²) in [5.74, 6) is 0. The topological polar surface area (TPSA) is 56.5 Å². The molecule has 3 rings (SSSR count). The Labute approximate surface area is 112 Å². The molecule has 0 amide bonds. The number of nitrogens with zero attached hydrogens (tertiary/aromatic N) is 5. The zero-order valence-electron chi connectivity index (χ0n) is 9.09. The molecular formula is C11H7Cl2N5. The standard InChI is InChI=1S/C11H7Cl2N5/c12-9-8-10(15-11(13)14-9)18(17-16-8)6-7-4-2-1-3-5-7/h1-5H,6H2. The van der Waals surface area contributed by atoms with Crippen molar-refractivity contribution in [3.05, 3.63) is 46.3 Å². The molecule has 90 valence electrons. The highest BCUT2D eigenvalue weighted by molar-refractivity contribution is 6.35. The predicted molar refractivity (Wildman–Crippen MR) is 68.7 cm³/mol. The second kappa shape index (κ2) is 4.51. The fraction of sp³-hybridized carbons (Fsp3) is 0.0909. The van der Waals surface area contributed by atoms with Crippen LogP contribution in [0.15, 0.2) is 30.3 Å². The van der Waals surface area contributed by atoms with E-state index in [4.69, 9.17) is 23.2 Å². The highest BCUT2D eigenvalue weighted by atomic mass is 35.5. The van der Waals surface area contributed by atoms with E-state index in [1.165, 1.54) is 0 Å². The molecule has 0 saturated carbocycles. The van der Waals surface area contributed by atoms with E-state index in [0.29, 0.717) is 17.7 Å². The van der Waals surface area contributed by atoms with Crippen molar-refractivity contribution in [2.45, 2.75) is 6.54 Å². The minimum Gasteiger partial charge on any atom is -0.222 e. The molecule has 0 atom stereocenters. The number of benzene rings is 1. The summed E-state index contributed by atoms with van der Waals surface area (Å²) in [6.45, 7) is 0.557. The van der Waals surface area contributed by atoms with E-state index in [2.05, 4.69) is 20.3 Å². The van der Waals surface area contributed by atoms with E-state index in [-0.39, 0.29) is 10.4 Å². The number of rotatable bonds is 2. The maximum atomic E-state index is 5.93. The molecule has 18 heavy (non-hydrogen) atoms. The first-order valence-corrected chi connectivity index (χ1v) is 5.96. The molecule has 0 saturated heterocycles. The van der Waals surface area contributed by atoms with Crippen LogP contribution in [0.25, 0.3) is 11.2 Å². The Balaban J connectivity index is 2.08. The van der Waals surface area contributed by atoms with Gasteiger partial charge in [0.05, 0.1) is 6.54 Å². The lowest BCUT2D eigenvalue weighted by molar-refractivity contribution is 0.664. The molecular weight excluding hydrogens is 273 g/mol. The molecule has 1 aromatic carbocycles. The Kier molecular flexibility index (Phi) is 2.85. The normalized spacial score (nSPS) is 11.0. The minimum absolute atomic E-state index is 0.0871. The van der Waals surface area contributed by atoms with E-state index >= 15 is 0 Å². The molecule has 0 N–H and O–H groups in total. The monoisotopic (exact) mass is 279 g/mol. The van der Waals surface area contributed by atoms with E-state index in [0.717, 1.165) is 5.56 Å². The van der Waals surface area contributed by atoms with Crippen LogP contribution in [-0.2, 0) is 6.54 Å². The van der Waals surface area contributed by atoms with Gasteiger partial charge in [0.15, 0.2) is 16.3 Å².